The highest BCUT2D eigenvalue weighted by Crippen LogP contribution is 2.26. The summed E-state index contributed by atoms with van der Waals surface area (Å²) in [5, 5.41) is 10.0. The summed E-state index contributed by atoms with van der Waals surface area (Å²) in [5.74, 6) is -1.24. The zero-order valence-corrected chi connectivity index (χ0v) is 19.8. The molecule has 0 unspecified atom stereocenters. The minimum absolute atomic E-state index is 0.0119. The minimum atomic E-state index is -0.649. The molecule has 2 heterocycles. The third-order valence-corrected chi connectivity index (χ3v) is 5.80. The van der Waals surface area contributed by atoms with Crippen molar-refractivity contribution in [2.75, 3.05) is 28.6 Å². The maximum Gasteiger partial charge on any atom is 0.221 e. The van der Waals surface area contributed by atoms with Crippen molar-refractivity contribution in [2.24, 2.45) is 5.73 Å². The molecule has 0 aliphatic carbocycles. The Labute approximate surface area is 203 Å². The molecule has 184 valence electrons. The van der Waals surface area contributed by atoms with E-state index in [0.717, 1.165) is 30.5 Å². The highest BCUT2D eigenvalue weighted by molar-refractivity contribution is 5.79. The van der Waals surface area contributed by atoms with Crippen LogP contribution in [0.15, 0.2) is 54.7 Å². The van der Waals surface area contributed by atoms with Crippen LogP contribution in [-0.2, 0) is 17.8 Å². The van der Waals surface area contributed by atoms with Crippen LogP contribution in [0.3, 0.4) is 0 Å². The molecule has 0 saturated carbocycles. The molecule has 35 heavy (non-hydrogen) atoms. The van der Waals surface area contributed by atoms with Gasteiger partial charge in [-0.25, -0.2) is 13.8 Å². The van der Waals surface area contributed by atoms with Crippen LogP contribution < -0.4 is 26.6 Å². The number of nitrogens with one attached hydrogen (secondary N) is 3. The van der Waals surface area contributed by atoms with Crippen LogP contribution in [0.2, 0.25) is 0 Å². The van der Waals surface area contributed by atoms with E-state index in [2.05, 4.69) is 51.8 Å². The topological polar surface area (TPSA) is 95.3 Å². The van der Waals surface area contributed by atoms with Crippen molar-refractivity contribution in [3.8, 4) is 0 Å². The zero-order valence-electron chi connectivity index (χ0n) is 19.8. The second-order valence-corrected chi connectivity index (χ2v) is 9.05. The van der Waals surface area contributed by atoms with Gasteiger partial charge in [0.2, 0.25) is 5.91 Å². The van der Waals surface area contributed by atoms with Gasteiger partial charge in [-0.15, -0.1) is 0 Å². The molecule has 1 amide bonds. The predicted molar refractivity (Wildman–Crippen MR) is 135 cm³/mol. The summed E-state index contributed by atoms with van der Waals surface area (Å²) < 4.78 is 27.1. The Morgan fingerprint density at radius 3 is 2.51 bits per heavy atom. The second kappa shape index (κ2) is 10.7. The summed E-state index contributed by atoms with van der Waals surface area (Å²) in [4.78, 5) is 18.3. The van der Waals surface area contributed by atoms with Gasteiger partial charge in [0, 0.05) is 72.7 Å². The first kappa shape index (κ1) is 24.4. The highest BCUT2D eigenvalue weighted by Gasteiger charge is 2.21. The fraction of sp³-hybridized carbons (Fsp3) is 0.308. The lowest BCUT2D eigenvalue weighted by Gasteiger charge is -2.37. The third-order valence-electron chi connectivity index (χ3n) is 5.80. The van der Waals surface area contributed by atoms with Gasteiger partial charge < -0.3 is 26.6 Å². The molecule has 5 N–H and O–H groups in total. The maximum atomic E-state index is 13.6. The molecule has 0 radical (unpaired) electrons. The normalized spacial score (nSPS) is 17.8. The Morgan fingerprint density at radius 1 is 1.11 bits per heavy atom. The molecule has 2 aromatic carbocycles. The number of pyridine rings is 1. The van der Waals surface area contributed by atoms with Gasteiger partial charge in [0.05, 0.1) is 6.42 Å². The number of halogens is 2. The molecule has 2 atom stereocenters. The number of carbonyl (C=O) groups excluding carboxylic acids is 1. The van der Waals surface area contributed by atoms with E-state index >= 15 is 0 Å². The third kappa shape index (κ3) is 6.66. The van der Waals surface area contributed by atoms with Crippen LogP contribution >= 0.6 is 0 Å². The van der Waals surface area contributed by atoms with Gasteiger partial charge in [-0.1, -0.05) is 6.07 Å². The Hall–Kier alpha value is -3.72. The standard InChI is InChI=1S/C26H30F2N6O/c1-16-14-34(15-17(2)32-16)23-5-3-4-22(10-23)33-26-11-24(19(13-31-26)8-25(29)35)30-12-18-6-20(27)9-21(28)7-18/h3-7,9-11,13,16-17,32H,8,12,14-15H2,1-2H3,(H2,29,35)(H2,30,31,33)/t16-,17+. The van der Waals surface area contributed by atoms with E-state index < -0.39 is 17.5 Å². The predicted octanol–water partition coefficient (Wildman–Crippen LogP) is 3.93. The van der Waals surface area contributed by atoms with Gasteiger partial charge in [-0.2, -0.15) is 0 Å². The zero-order chi connectivity index (χ0) is 24.9. The van der Waals surface area contributed by atoms with Gasteiger partial charge in [-0.3, -0.25) is 4.79 Å². The van der Waals surface area contributed by atoms with Crippen LogP contribution in [0.25, 0.3) is 0 Å². The molecule has 1 aromatic heterocycles. The largest absolute Gasteiger partial charge is 0.381 e. The molecule has 3 aromatic rings. The van der Waals surface area contributed by atoms with Crippen molar-refractivity contribution in [1.82, 2.24) is 10.3 Å². The van der Waals surface area contributed by atoms with E-state index in [1.807, 2.05) is 12.1 Å². The molecule has 0 spiro atoms. The number of carbonyl (C=O) groups is 1. The molecule has 1 aliphatic rings. The van der Waals surface area contributed by atoms with E-state index in [-0.39, 0.29) is 13.0 Å². The number of aromatic nitrogens is 1. The molecule has 7 nitrogen and oxygen atoms in total. The molecule has 1 fully saturated rings. The van der Waals surface area contributed by atoms with Gasteiger partial charge >= 0.3 is 0 Å². The number of anilines is 4. The Balaban J connectivity index is 1.53. The van der Waals surface area contributed by atoms with Crippen molar-refractivity contribution >= 4 is 28.8 Å². The van der Waals surface area contributed by atoms with Crippen molar-refractivity contribution < 1.29 is 13.6 Å². The number of amides is 1. The Morgan fingerprint density at radius 2 is 1.83 bits per heavy atom. The van der Waals surface area contributed by atoms with Crippen molar-refractivity contribution in [3.63, 3.8) is 0 Å². The van der Waals surface area contributed by atoms with E-state index in [0.29, 0.717) is 34.7 Å². The number of hydrogen-bond acceptors (Lipinski definition) is 6. The van der Waals surface area contributed by atoms with Crippen molar-refractivity contribution in [1.29, 1.82) is 0 Å². The molecular weight excluding hydrogens is 450 g/mol. The summed E-state index contributed by atoms with van der Waals surface area (Å²) in [6.45, 7) is 6.36. The molecule has 0 bridgehead atoms. The monoisotopic (exact) mass is 480 g/mol. The van der Waals surface area contributed by atoms with Crippen LogP contribution in [0.5, 0.6) is 0 Å². The lowest BCUT2D eigenvalue weighted by molar-refractivity contribution is -0.117. The maximum absolute atomic E-state index is 13.6. The van der Waals surface area contributed by atoms with Gasteiger partial charge in [-0.05, 0) is 49.7 Å². The van der Waals surface area contributed by atoms with Gasteiger partial charge in [0.1, 0.15) is 17.5 Å². The van der Waals surface area contributed by atoms with Crippen LogP contribution in [0.4, 0.5) is 31.7 Å². The number of nitrogens with two attached hydrogens (primary N) is 1. The molecule has 1 aliphatic heterocycles. The number of rotatable bonds is 8. The first-order valence-corrected chi connectivity index (χ1v) is 11.6. The minimum Gasteiger partial charge on any atom is -0.381 e. The lowest BCUT2D eigenvalue weighted by atomic mass is 10.1. The van der Waals surface area contributed by atoms with Crippen LogP contribution in [0, 0.1) is 11.6 Å². The number of benzene rings is 2. The quantitative estimate of drug-likeness (QED) is 0.390. The van der Waals surface area contributed by atoms with Crippen molar-refractivity contribution in [2.45, 2.75) is 38.9 Å². The number of piperazine rings is 1. The van der Waals surface area contributed by atoms with E-state index in [9.17, 15) is 13.6 Å². The van der Waals surface area contributed by atoms with E-state index in [1.54, 1.807) is 12.3 Å². The van der Waals surface area contributed by atoms with Crippen LogP contribution in [-0.4, -0.2) is 36.1 Å². The number of nitrogens with zero attached hydrogens (tertiary/aromatic N) is 2. The molecule has 4 rings (SSSR count). The summed E-state index contributed by atoms with van der Waals surface area (Å²) in [6, 6.07) is 14.0. The average molecular weight is 481 g/mol. The lowest BCUT2D eigenvalue weighted by Crippen LogP contribution is -2.54. The Kier molecular flexibility index (Phi) is 7.45. The number of primary amides is 1. The summed E-state index contributed by atoms with van der Waals surface area (Å²) in [6.07, 6.45) is 1.56. The van der Waals surface area contributed by atoms with Gasteiger partial charge in [0.15, 0.2) is 0 Å². The smallest absolute Gasteiger partial charge is 0.221 e. The SMILES string of the molecule is C[C@@H]1CN(c2cccc(Nc3cc(NCc4cc(F)cc(F)c4)c(CC(N)=O)cn3)c2)C[C@H](C)N1. The fourth-order valence-electron chi connectivity index (χ4n) is 4.42. The number of hydrogen-bond donors (Lipinski definition) is 4. The van der Waals surface area contributed by atoms with E-state index in [1.165, 1.54) is 12.1 Å². The first-order chi connectivity index (χ1) is 16.7. The summed E-state index contributed by atoms with van der Waals surface area (Å²) >= 11 is 0. The highest BCUT2D eigenvalue weighted by atomic mass is 19.1. The van der Waals surface area contributed by atoms with Crippen molar-refractivity contribution in [3.05, 3.63) is 77.5 Å². The summed E-state index contributed by atoms with van der Waals surface area (Å²) in [5.41, 5.74) is 9.01. The first-order valence-electron chi connectivity index (χ1n) is 11.6. The molecular formula is C26H30F2N6O. The Bertz CT molecular complexity index is 1170. The summed E-state index contributed by atoms with van der Waals surface area (Å²) in [7, 11) is 0. The van der Waals surface area contributed by atoms with E-state index in [4.69, 9.17) is 5.73 Å². The second-order valence-electron chi connectivity index (χ2n) is 9.05. The average Bonchev–Trinajstić information content (AvgIpc) is 2.78. The molecule has 9 heteroatoms. The molecule has 1 saturated heterocycles. The van der Waals surface area contributed by atoms with Crippen LogP contribution in [0.1, 0.15) is 25.0 Å². The fourth-order valence-corrected chi connectivity index (χ4v) is 4.42. The van der Waals surface area contributed by atoms with Gasteiger partial charge in [0.25, 0.3) is 0 Å².